The van der Waals surface area contributed by atoms with Gasteiger partial charge in [0.2, 0.25) is 11.8 Å². The number of carbonyl (C=O) groups is 2. The van der Waals surface area contributed by atoms with Gasteiger partial charge in [0, 0.05) is 38.1 Å². The van der Waals surface area contributed by atoms with Crippen LogP contribution < -0.4 is 5.32 Å². The van der Waals surface area contributed by atoms with Crippen molar-refractivity contribution in [1.29, 1.82) is 0 Å². The molecule has 3 heterocycles. The second-order valence-corrected chi connectivity index (χ2v) is 8.29. The second-order valence-electron chi connectivity index (χ2n) is 8.29. The van der Waals surface area contributed by atoms with Crippen LogP contribution >= 0.6 is 0 Å². The van der Waals surface area contributed by atoms with Crippen LogP contribution in [0, 0.1) is 35.5 Å². The summed E-state index contributed by atoms with van der Waals surface area (Å²) in [6, 6.07) is 0. The van der Waals surface area contributed by atoms with Crippen LogP contribution in [-0.4, -0.2) is 62.3 Å². The van der Waals surface area contributed by atoms with Gasteiger partial charge in [-0.3, -0.25) is 9.59 Å². The molecule has 5 aliphatic rings. The summed E-state index contributed by atoms with van der Waals surface area (Å²) in [4.78, 5) is 27.5. The van der Waals surface area contributed by atoms with Gasteiger partial charge in [-0.05, 0) is 37.0 Å². The quantitative estimate of drug-likeness (QED) is 0.801. The molecule has 0 aromatic carbocycles. The van der Waals surface area contributed by atoms with E-state index in [1.54, 1.807) is 0 Å². The molecule has 0 spiro atoms. The van der Waals surface area contributed by atoms with Crippen LogP contribution in [0.3, 0.4) is 0 Å². The Morgan fingerprint density at radius 3 is 2.58 bits per heavy atom. The average molecular weight is 334 g/mol. The Balaban J connectivity index is 1.26. The number of fused-ring (bicyclic) bond motifs is 2. The van der Waals surface area contributed by atoms with E-state index in [2.05, 4.69) is 5.32 Å². The van der Waals surface area contributed by atoms with Gasteiger partial charge >= 0.3 is 0 Å². The first kappa shape index (κ1) is 15.1. The minimum absolute atomic E-state index is 0.0363. The highest BCUT2D eigenvalue weighted by molar-refractivity contribution is 5.85. The number of nitrogens with zero attached hydrogens (tertiary/aromatic N) is 1. The van der Waals surface area contributed by atoms with Crippen molar-refractivity contribution in [3.63, 3.8) is 0 Å². The van der Waals surface area contributed by atoms with E-state index in [1.165, 1.54) is 12.8 Å². The molecule has 6 heteroatoms. The summed E-state index contributed by atoms with van der Waals surface area (Å²) < 4.78 is 11.3. The van der Waals surface area contributed by atoms with E-state index >= 15 is 0 Å². The van der Waals surface area contributed by atoms with E-state index in [1.807, 2.05) is 4.90 Å². The molecule has 132 valence electrons. The van der Waals surface area contributed by atoms with Gasteiger partial charge in [0.25, 0.3) is 0 Å². The van der Waals surface area contributed by atoms with E-state index in [-0.39, 0.29) is 35.7 Å². The summed E-state index contributed by atoms with van der Waals surface area (Å²) >= 11 is 0. The standard InChI is InChI=1S/C18H26N2O4/c21-17(19-5-10-1-2-10)12-6-20(7-15-11(12)3-4-24-15)18(22)16-13-8-23-9-14(13)16/h10-16H,1-9H2,(H,19,21)/t11-,12+,13-,14+,15+,16?/m0/s1. The minimum atomic E-state index is -0.108. The Morgan fingerprint density at radius 1 is 1.04 bits per heavy atom. The molecule has 0 aromatic rings. The molecule has 2 saturated carbocycles. The number of hydrogen-bond acceptors (Lipinski definition) is 4. The molecule has 6 nitrogen and oxygen atoms in total. The van der Waals surface area contributed by atoms with Gasteiger partial charge in [-0.25, -0.2) is 0 Å². The molecule has 0 aromatic heterocycles. The maximum atomic E-state index is 12.9. The molecule has 5 fully saturated rings. The predicted molar refractivity (Wildman–Crippen MR) is 84.9 cm³/mol. The molecule has 24 heavy (non-hydrogen) atoms. The summed E-state index contributed by atoms with van der Waals surface area (Å²) in [5.74, 6) is 2.16. The fourth-order valence-corrected chi connectivity index (χ4v) is 4.95. The topological polar surface area (TPSA) is 67.9 Å². The summed E-state index contributed by atoms with van der Waals surface area (Å²) in [6.45, 7) is 4.19. The van der Waals surface area contributed by atoms with Gasteiger partial charge in [-0.2, -0.15) is 0 Å². The second kappa shape index (κ2) is 5.70. The number of ether oxygens (including phenoxy) is 2. The van der Waals surface area contributed by atoms with Gasteiger partial charge in [0.15, 0.2) is 0 Å². The lowest BCUT2D eigenvalue weighted by Crippen LogP contribution is -2.55. The van der Waals surface area contributed by atoms with Gasteiger partial charge in [-0.1, -0.05) is 0 Å². The third-order valence-corrected chi connectivity index (χ3v) is 6.74. The lowest BCUT2D eigenvalue weighted by molar-refractivity contribution is -0.143. The molecule has 2 amide bonds. The van der Waals surface area contributed by atoms with Crippen molar-refractivity contribution in [3.05, 3.63) is 0 Å². The van der Waals surface area contributed by atoms with Crippen LogP contribution in [0.15, 0.2) is 0 Å². The number of hydrogen-bond donors (Lipinski definition) is 1. The smallest absolute Gasteiger partial charge is 0.226 e. The van der Waals surface area contributed by atoms with Crippen molar-refractivity contribution in [2.45, 2.75) is 25.4 Å². The Bertz CT molecular complexity index is 539. The van der Waals surface area contributed by atoms with Crippen LogP contribution in [0.4, 0.5) is 0 Å². The summed E-state index contributed by atoms with van der Waals surface area (Å²) in [6.07, 6.45) is 3.44. The molecule has 3 saturated heterocycles. The van der Waals surface area contributed by atoms with Crippen molar-refractivity contribution >= 4 is 11.8 Å². The first-order valence-corrected chi connectivity index (χ1v) is 9.48. The van der Waals surface area contributed by atoms with Crippen molar-refractivity contribution < 1.29 is 19.1 Å². The molecule has 1 unspecified atom stereocenters. The molecule has 6 atom stereocenters. The van der Waals surface area contributed by atoms with Crippen molar-refractivity contribution in [2.24, 2.45) is 35.5 Å². The van der Waals surface area contributed by atoms with Gasteiger partial charge in [-0.15, -0.1) is 0 Å². The summed E-state index contributed by atoms with van der Waals surface area (Å²) in [7, 11) is 0. The van der Waals surface area contributed by atoms with Crippen molar-refractivity contribution in [2.75, 3.05) is 39.5 Å². The van der Waals surface area contributed by atoms with Crippen molar-refractivity contribution in [1.82, 2.24) is 10.2 Å². The number of piperidine rings is 1. The zero-order chi connectivity index (χ0) is 16.3. The average Bonchev–Trinajstić information content (AvgIpc) is 3.43. The van der Waals surface area contributed by atoms with E-state index < -0.39 is 0 Å². The Kier molecular flexibility index (Phi) is 3.59. The number of rotatable bonds is 4. The fraction of sp³-hybridized carbons (Fsp3) is 0.889. The van der Waals surface area contributed by atoms with Crippen LogP contribution in [0.2, 0.25) is 0 Å². The lowest BCUT2D eigenvalue weighted by Gasteiger charge is -2.39. The first-order valence-electron chi connectivity index (χ1n) is 9.48. The molecule has 2 aliphatic carbocycles. The third-order valence-electron chi connectivity index (χ3n) is 6.74. The van der Waals surface area contributed by atoms with Crippen LogP contribution in [0.1, 0.15) is 19.3 Å². The molecule has 0 radical (unpaired) electrons. The largest absolute Gasteiger partial charge is 0.381 e. The Hall–Kier alpha value is -1.14. The van der Waals surface area contributed by atoms with Gasteiger partial charge in [0.05, 0.1) is 25.2 Å². The molecular weight excluding hydrogens is 308 g/mol. The number of carbonyl (C=O) groups excluding carboxylic acids is 2. The SMILES string of the molecule is O=C(NCC1CC1)[C@@H]1CN(C(=O)C2[C@H]3COC[C@@H]23)C[C@H]2OCC[C@H]21. The van der Waals surface area contributed by atoms with Gasteiger partial charge < -0.3 is 19.7 Å². The van der Waals surface area contributed by atoms with Gasteiger partial charge in [0.1, 0.15) is 0 Å². The van der Waals surface area contributed by atoms with Crippen LogP contribution in [0.25, 0.3) is 0 Å². The minimum Gasteiger partial charge on any atom is -0.381 e. The number of likely N-dealkylation sites (tertiary alicyclic amines) is 1. The zero-order valence-electron chi connectivity index (χ0n) is 14.0. The Morgan fingerprint density at radius 2 is 1.83 bits per heavy atom. The summed E-state index contributed by atoms with van der Waals surface area (Å²) in [5.41, 5.74) is 0. The van der Waals surface area contributed by atoms with Crippen molar-refractivity contribution in [3.8, 4) is 0 Å². The molecule has 0 bridgehead atoms. The monoisotopic (exact) mass is 334 g/mol. The molecule has 5 rings (SSSR count). The number of amides is 2. The Labute approximate surface area is 142 Å². The van der Waals surface area contributed by atoms with E-state index in [4.69, 9.17) is 9.47 Å². The number of nitrogens with one attached hydrogen (secondary N) is 1. The highest BCUT2D eigenvalue weighted by Crippen LogP contribution is 2.52. The lowest BCUT2D eigenvalue weighted by atomic mass is 9.82. The maximum absolute atomic E-state index is 12.9. The molecular formula is C18H26N2O4. The molecule has 1 N–H and O–H groups in total. The third kappa shape index (κ3) is 2.54. The van der Waals surface area contributed by atoms with E-state index in [0.29, 0.717) is 37.5 Å². The summed E-state index contributed by atoms with van der Waals surface area (Å²) in [5, 5.41) is 3.12. The molecule has 3 aliphatic heterocycles. The van der Waals surface area contributed by atoms with E-state index in [9.17, 15) is 9.59 Å². The van der Waals surface area contributed by atoms with Crippen LogP contribution in [-0.2, 0) is 19.1 Å². The van der Waals surface area contributed by atoms with E-state index in [0.717, 1.165) is 26.2 Å². The first-order chi connectivity index (χ1) is 11.7. The fourth-order valence-electron chi connectivity index (χ4n) is 4.95. The normalized spacial score (nSPS) is 43.2. The van der Waals surface area contributed by atoms with Crippen LogP contribution in [0.5, 0.6) is 0 Å². The predicted octanol–water partition coefficient (Wildman–Crippen LogP) is 0.269. The zero-order valence-corrected chi connectivity index (χ0v) is 14.0. The highest BCUT2D eigenvalue weighted by Gasteiger charge is 2.60. The maximum Gasteiger partial charge on any atom is 0.226 e. The highest BCUT2D eigenvalue weighted by atomic mass is 16.5.